The molecule has 2 heterocycles. The molecule has 1 amide bonds. The molecule has 5 heteroatoms. The molecule has 84 valence electrons. The monoisotopic (exact) mass is 226 g/mol. The van der Waals surface area contributed by atoms with Gasteiger partial charge in [0.1, 0.15) is 0 Å². The van der Waals surface area contributed by atoms with Crippen molar-refractivity contribution in [2.24, 2.45) is 0 Å². The molecule has 0 fully saturated rings. The van der Waals surface area contributed by atoms with Crippen LogP contribution >= 0.6 is 0 Å². The molecule has 0 spiro atoms. The number of benzene rings is 1. The van der Waals surface area contributed by atoms with E-state index >= 15 is 0 Å². The highest BCUT2D eigenvalue weighted by Gasteiger charge is 2.07. The quantitative estimate of drug-likeness (QED) is 0.626. The van der Waals surface area contributed by atoms with E-state index in [4.69, 9.17) is 0 Å². The molecular formula is C12H10N4O. The van der Waals surface area contributed by atoms with Crippen molar-refractivity contribution in [3.05, 3.63) is 48.4 Å². The predicted molar refractivity (Wildman–Crippen MR) is 64.8 cm³/mol. The van der Waals surface area contributed by atoms with Crippen molar-refractivity contribution < 1.29 is 4.79 Å². The van der Waals surface area contributed by atoms with Crippen molar-refractivity contribution in [1.29, 1.82) is 0 Å². The van der Waals surface area contributed by atoms with Crippen molar-refractivity contribution in [3.8, 4) is 0 Å². The number of aromatic nitrogens is 3. The van der Waals surface area contributed by atoms with Gasteiger partial charge in [-0.15, -0.1) is 0 Å². The molecule has 0 bridgehead atoms. The fraction of sp³-hybridized carbons (Fsp3) is 0. The molecule has 5 nitrogen and oxygen atoms in total. The molecule has 0 radical (unpaired) electrons. The van der Waals surface area contributed by atoms with Gasteiger partial charge in [0, 0.05) is 35.1 Å². The van der Waals surface area contributed by atoms with Crippen molar-refractivity contribution >= 4 is 22.8 Å². The van der Waals surface area contributed by atoms with Crippen LogP contribution in [0.2, 0.25) is 0 Å². The van der Waals surface area contributed by atoms with Crippen LogP contribution in [0.4, 0.5) is 5.95 Å². The van der Waals surface area contributed by atoms with Crippen LogP contribution in [-0.2, 0) is 0 Å². The number of hydrogen-bond acceptors (Lipinski definition) is 2. The predicted octanol–water partition coefficient (Wildman–Crippen LogP) is 2.14. The lowest BCUT2D eigenvalue weighted by atomic mass is 10.1. The summed E-state index contributed by atoms with van der Waals surface area (Å²) in [5.74, 6) is 0.271. The van der Waals surface area contributed by atoms with Gasteiger partial charge in [-0.25, -0.2) is 4.98 Å². The Kier molecular flexibility index (Phi) is 2.15. The Morgan fingerprint density at radius 3 is 2.94 bits per heavy atom. The molecule has 0 saturated heterocycles. The third-order valence-electron chi connectivity index (χ3n) is 2.55. The first kappa shape index (κ1) is 9.65. The van der Waals surface area contributed by atoms with Crippen LogP contribution < -0.4 is 5.32 Å². The van der Waals surface area contributed by atoms with Gasteiger partial charge in [-0.2, -0.15) is 0 Å². The summed E-state index contributed by atoms with van der Waals surface area (Å²) in [6.07, 6.45) is 5.09. The maximum atomic E-state index is 11.9. The zero-order chi connectivity index (χ0) is 11.7. The number of anilines is 1. The number of hydrogen-bond donors (Lipinski definition) is 3. The Morgan fingerprint density at radius 2 is 2.12 bits per heavy atom. The summed E-state index contributed by atoms with van der Waals surface area (Å²) in [5, 5.41) is 3.69. The summed E-state index contributed by atoms with van der Waals surface area (Å²) >= 11 is 0. The van der Waals surface area contributed by atoms with Gasteiger partial charge in [-0.1, -0.05) is 0 Å². The molecule has 0 atom stereocenters. The van der Waals surface area contributed by atoms with E-state index in [2.05, 4.69) is 20.3 Å². The zero-order valence-corrected chi connectivity index (χ0v) is 8.90. The summed E-state index contributed by atoms with van der Waals surface area (Å²) in [6, 6.07) is 7.42. The standard InChI is InChI=1S/C12H10N4O/c17-11(16-12-14-5-6-15-12)9-1-2-10-8(7-9)3-4-13-10/h1-7,13H,(H2,14,15,16,17). The third-order valence-corrected chi connectivity index (χ3v) is 2.55. The highest BCUT2D eigenvalue weighted by atomic mass is 16.1. The minimum Gasteiger partial charge on any atom is -0.361 e. The average Bonchev–Trinajstić information content (AvgIpc) is 2.97. The first-order valence-corrected chi connectivity index (χ1v) is 5.21. The zero-order valence-electron chi connectivity index (χ0n) is 8.90. The normalized spacial score (nSPS) is 10.6. The number of H-pyrrole nitrogens is 2. The molecule has 3 aromatic rings. The second-order valence-corrected chi connectivity index (χ2v) is 3.67. The topological polar surface area (TPSA) is 73.6 Å². The fourth-order valence-electron chi connectivity index (χ4n) is 1.71. The number of nitrogens with zero attached hydrogens (tertiary/aromatic N) is 1. The maximum absolute atomic E-state index is 11.9. The van der Waals surface area contributed by atoms with E-state index < -0.39 is 0 Å². The molecule has 0 aliphatic rings. The van der Waals surface area contributed by atoms with E-state index in [1.807, 2.05) is 24.4 Å². The average molecular weight is 226 g/mol. The molecular weight excluding hydrogens is 216 g/mol. The van der Waals surface area contributed by atoms with Crippen LogP contribution in [-0.4, -0.2) is 20.9 Å². The van der Waals surface area contributed by atoms with Crippen LogP contribution in [0.3, 0.4) is 0 Å². The van der Waals surface area contributed by atoms with E-state index in [-0.39, 0.29) is 5.91 Å². The Labute approximate surface area is 96.9 Å². The summed E-state index contributed by atoms with van der Waals surface area (Å²) in [5.41, 5.74) is 1.62. The number of carbonyl (C=O) groups excluding carboxylic acids is 1. The summed E-state index contributed by atoms with van der Waals surface area (Å²) in [4.78, 5) is 21.7. The van der Waals surface area contributed by atoms with E-state index in [0.717, 1.165) is 10.9 Å². The van der Waals surface area contributed by atoms with Gasteiger partial charge in [0.15, 0.2) is 0 Å². The van der Waals surface area contributed by atoms with E-state index in [9.17, 15) is 4.79 Å². The second-order valence-electron chi connectivity index (χ2n) is 3.67. The Bertz CT molecular complexity index is 654. The minimum absolute atomic E-state index is 0.178. The first-order chi connectivity index (χ1) is 8.33. The van der Waals surface area contributed by atoms with Crippen LogP contribution in [0, 0.1) is 0 Å². The van der Waals surface area contributed by atoms with Crippen molar-refractivity contribution in [1.82, 2.24) is 15.0 Å². The minimum atomic E-state index is -0.178. The summed E-state index contributed by atoms with van der Waals surface area (Å²) in [7, 11) is 0. The Hall–Kier alpha value is -2.56. The number of nitrogens with one attached hydrogen (secondary N) is 3. The lowest BCUT2D eigenvalue weighted by Crippen LogP contribution is -2.12. The van der Waals surface area contributed by atoms with E-state index in [0.29, 0.717) is 11.5 Å². The number of imidazole rings is 1. The number of rotatable bonds is 2. The molecule has 17 heavy (non-hydrogen) atoms. The van der Waals surface area contributed by atoms with Crippen LogP contribution in [0.25, 0.3) is 10.9 Å². The molecule has 1 aromatic carbocycles. The largest absolute Gasteiger partial charge is 0.361 e. The Balaban J connectivity index is 1.90. The molecule has 2 aromatic heterocycles. The van der Waals surface area contributed by atoms with Gasteiger partial charge in [0.2, 0.25) is 5.95 Å². The van der Waals surface area contributed by atoms with E-state index in [1.165, 1.54) is 0 Å². The number of carbonyl (C=O) groups is 1. The van der Waals surface area contributed by atoms with E-state index in [1.54, 1.807) is 18.5 Å². The molecule has 3 N–H and O–H groups in total. The fourth-order valence-corrected chi connectivity index (χ4v) is 1.71. The lowest BCUT2D eigenvalue weighted by molar-refractivity contribution is 0.102. The van der Waals surface area contributed by atoms with Gasteiger partial charge in [0.05, 0.1) is 0 Å². The second kappa shape index (κ2) is 3.79. The summed E-state index contributed by atoms with van der Waals surface area (Å²) in [6.45, 7) is 0. The van der Waals surface area contributed by atoms with Crippen molar-refractivity contribution in [2.45, 2.75) is 0 Å². The van der Waals surface area contributed by atoms with Crippen LogP contribution in [0.1, 0.15) is 10.4 Å². The molecule has 0 aliphatic heterocycles. The lowest BCUT2D eigenvalue weighted by Gasteiger charge is -2.01. The highest BCUT2D eigenvalue weighted by molar-refractivity contribution is 6.05. The Morgan fingerprint density at radius 1 is 1.18 bits per heavy atom. The molecule has 0 saturated carbocycles. The molecule has 3 rings (SSSR count). The van der Waals surface area contributed by atoms with Gasteiger partial charge in [-0.05, 0) is 24.3 Å². The SMILES string of the molecule is O=C(Nc1ncc[nH]1)c1ccc2[nH]ccc2c1. The number of fused-ring (bicyclic) bond motifs is 1. The van der Waals surface area contributed by atoms with Crippen molar-refractivity contribution in [2.75, 3.05) is 5.32 Å². The molecule has 0 unspecified atom stereocenters. The van der Waals surface area contributed by atoms with Gasteiger partial charge in [0.25, 0.3) is 5.91 Å². The number of aromatic amines is 2. The maximum Gasteiger partial charge on any atom is 0.257 e. The van der Waals surface area contributed by atoms with Crippen LogP contribution in [0.5, 0.6) is 0 Å². The van der Waals surface area contributed by atoms with Crippen LogP contribution in [0.15, 0.2) is 42.9 Å². The van der Waals surface area contributed by atoms with Gasteiger partial charge < -0.3 is 9.97 Å². The molecule has 0 aliphatic carbocycles. The van der Waals surface area contributed by atoms with Gasteiger partial charge in [-0.3, -0.25) is 10.1 Å². The van der Waals surface area contributed by atoms with Crippen molar-refractivity contribution in [3.63, 3.8) is 0 Å². The first-order valence-electron chi connectivity index (χ1n) is 5.21. The smallest absolute Gasteiger partial charge is 0.257 e. The number of amides is 1. The van der Waals surface area contributed by atoms with Gasteiger partial charge >= 0.3 is 0 Å². The third kappa shape index (κ3) is 1.78. The summed E-state index contributed by atoms with van der Waals surface area (Å²) < 4.78 is 0. The highest BCUT2D eigenvalue weighted by Crippen LogP contribution is 2.14.